The molecule has 6 heteroatoms. The molecule has 0 aromatic heterocycles. The van der Waals surface area contributed by atoms with Crippen molar-refractivity contribution in [1.82, 2.24) is 10.6 Å². The van der Waals surface area contributed by atoms with Gasteiger partial charge in [-0.15, -0.1) is 0 Å². The van der Waals surface area contributed by atoms with Crippen molar-refractivity contribution in [2.75, 3.05) is 13.1 Å². The number of aryl methyl sites for hydroxylation is 1. The molecule has 1 rings (SSSR count). The normalized spacial score (nSPS) is 9.71. The quantitative estimate of drug-likeness (QED) is 0.708. The molecule has 21 heavy (non-hydrogen) atoms. The Morgan fingerprint density at radius 1 is 1.10 bits per heavy atom. The number of carbonyl (C=O) groups excluding carboxylic acids is 2. The summed E-state index contributed by atoms with van der Waals surface area (Å²) in [6, 6.07) is 7.82. The fourth-order valence-electron chi connectivity index (χ4n) is 1.68. The third-order valence-corrected chi connectivity index (χ3v) is 2.79. The number of hydrogen-bond donors (Lipinski definition) is 2. The zero-order valence-corrected chi connectivity index (χ0v) is 11.7. The van der Waals surface area contributed by atoms with Crippen molar-refractivity contribution in [3.05, 3.63) is 35.6 Å². The number of benzene rings is 1. The molecule has 2 N–H and O–H groups in total. The maximum absolute atomic E-state index is 12.7. The molecule has 0 radical (unpaired) electrons. The molecule has 0 aliphatic heterocycles. The molecule has 2 amide bonds. The van der Waals surface area contributed by atoms with Crippen LogP contribution in [0.25, 0.3) is 0 Å². The van der Waals surface area contributed by atoms with Crippen LogP contribution < -0.4 is 10.6 Å². The SMILES string of the molecule is N#CCC(=O)NCCCNC(=O)CCc1ccc(F)cc1. The summed E-state index contributed by atoms with van der Waals surface area (Å²) in [6.07, 6.45) is 1.36. The number of nitrogens with one attached hydrogen (secondary N) is 2. The van der Waals surface area contributed by atoms with Gasteiger partial charge in [0.25, 0.3) is 0 Å². The van der Waals surface area contributed by atoms with Gasteiger partial charge in [0.1, 0.15) is 12.2 Å². The Hall–Kier alpha value is -2.42. The molecule has 0 fully saturated rings. The summed E-state index contributed by atoms with van der Waals surface area (Å²) in [5.74, 6) is -0.676. The van der Waals surface area contributed by atoms with E-state index in [1.54, 1.807) is 18.2 Å². The van der Waals surface area contributed by atoms with Crippen molar-refractivity contribution >= 4 is 11.8 Å². The monoisotopic (exact) mass is 291 g/mol. The van der Waals surface area contributed by atoms with E-state index in [0.29, 0.717) is 32.4 Å². The van der Waals surface area contributed by atoms with Crippen LogP contribution in [0.3, 0.4) is 0 Å². The Morgan fingerprint density at radius 3 is 2.33 bits per heavy atom. The topological polar surface area (TPSA) is 82.0 Å². The standard InChI is InChI=1S/C15H18FN3O2/c16-13-5-2-12(3-6-13)4-7-14(20)18-10-1-11-19-15(21)8-9-17/h2-3,5-6H,1,4,7-8,10-11H2,(H,18,20)(H,19,21). The fourth-order valence-corrected chi connectivity index (χ4v) is 1.68. The highest BCUT2D eigenvalue weighted by Crippen LogP contribution is 2.05. The van der Waals surface area contributed by atoms with E-state index in [0.717, 1.165) is 5.56 Å². The Bertz CT molecular complexity index is 509. The molecular formula is C15H18FN3O2. The average Bonchev–Trinajstić information content (AvgIpc) is 2.46. The van der Waals surface area contributed by atoms with Crippen LogP contribution in [-0.2, 0) is 16.0 Å². The highest BCUT2D eigenvalue weighted by molar-refractivity contribution is 5.78. The lowest BCUT2D eigenvalue weighted by atomic mass is 10.1. The number of amides is 2. The van der Waals surface area contributed by atoms with E-state index in [1.807, 2.05) is 0 Å². The van der Waals surface area contributed by atoms with E-state index in [4.69, 9.17) is 5.26 Å². The molecule has 0 spiro atoms. The molecule has 0 saturated carbocycles. The second-order valence-corrected chi connectivity index (χ2v) is 4.51. The summed E-state index contributed by atoms with van der Waals surface area (Å²) < 4.78 is 12.7. The highest BCUT2D eigenvalue weighted by atomic mass is 19.1. The van der Waals surface area contributed by atoms with Gasteiger partial charge in [-0.2, -0.15) is 5.26 Å². The van der Waals surface area contributed by atoms with Crippen LogP contribution in [0.4, 0.5) is 4.39 Å². The van der Waals surface area contributed by atoms with Crippen molar-refractivity contribution in [3.63, 3.8) is 0 Å². The van der Waals surface area contributed by atoms with Crippen molar-refractivity contribution in [2.24, 2.45) is 0 Å². The van der Waals surface area contributed by atoms with Crippen LogP contribution in [0, 0.1) is 17.1 Å². The van der Waals surface area contributed by atoms with Crippen LogP contribution in [0.5, 0.6) is 0 Å². The number of nitrogens with zero attached hydrogens (tertiary/aromatic N) is 1. The third kappa shape index (κ3) is 7.67. The van der Waals surface area contributed by atoms with Gasteiger partial charge in [-0.25, -0.2) is 4.39 Å². The third-order valence-electron chi connectivity index (χ3n) is 2.79. The zero-order chi connectivity index (χ0) is 15.5. The summed E-state index contributed by atoms with van der Waals surface area (Å²) >= 11 is 0. The second kappa shape index (κ2) is 9.48. The molecule has 0 bridgehead atoms. The smallest absolute Gasteiger partial charge is 0.234 e. The number of nitriles is 1. The molecule has 5 nitrogen and oxygen atoms in total. The predicted molar refractivity (Wildman–Crippen MR) is 75.6 cm³/mol. The first kappa shape index (κ1) is 16.6. The van der Waals surface area contributed by atoms with Crippen molar-refractivity contribution in [3.8, 4) is 6.07 Å². The molecule has 0 aliphatic rings. The summed E-state index contributed by atoms with van der Waals surface area (Å²) in [4.78, 5) is 22.5. The molecule has 112 valence electrons. The molecule has 0 saturated heterocycles. The van der Waals surface area contributed by atoms with Gasteiger partial charge in [0.05, 0.1) is 6.07 Å². The van der Waals surface area contributed by atoms with Crippen LogP contribution in [0.15, 0.2) is 24.3 Å². The Labute approximate surface area is 123 Å². The van der Waals surface area contributed by atoms with E-state index in [9.17, 15) is 14.0 Å². The second-order valence-electron chi connectivity index (χ2n) is 4.51. The van der Waals surface area contributed by atoms with Crippen LogP contribution in [0.2, 0.25) is 0 Å². The minimum atomic E-state index is -0.305. The first-order valence-corrected chi connectivity index (χ1v) is 6.76. The minimum absolute atomic E-state index is 0.0809. The first-order valence-electron chi connectivity index (χ1n) is 6.76. The van der Waals surface area contributed by atoms with Crippen LogP contribution in [0.1, 0.15) is 24.8 Å². The Morgan fingerprint density at radius 2 is 1.71 bits per heavy atom. The molecule has 1 aromatic carbocycles. The lowest BCUT2D eigenvalue weighted by molar-refractivity contribution is -0.121. The predicted octanol–water partition coefficient (Wildman–Crippen LogP) is 1.29. The summed E-state index contributed by atoms with van der Waals surface area (Å²) in [7, 11) is 0. The van der Waals surface area contributed by atoms with E-state index in [-0.39, 0.29) is 24.1 Å². The van der Waals surface area contributed by atoms with Gasteiger partial charge in [0.15, 0.2) is 0 Å². The van der Waals surface area contributed by atoms with Crippen LogP contribution >= 0.6 is 0 Å². The molecular weight excluding hydrogens is 273 g/mol. The van der Waals surface area contributed by atoms with Gasteiger partial charge in [0, 0.05) is 19.5 Å². The lowest BCUT2D eigenvalue weighted by Crippen LogP contribution is -2.29. The first-order chi connectivity index (χ1) is 10.1. The van der Waals surface area contributed by atoms with E-state index >= 15 is 0 Å². The highest BCUT2D eigenvalue weighted by Gasteiger charge is 2.03. The fraction of sp³-hybridized carbons (Fsp3) is 0.400. The van der Waals surface area contributed by atoms with Crippen molar-refractivity contribution < 1.29 is 14.0 Å². The van der Waals surface area contributed by atoms with Gasteiger partial charge in [-0.1, -0.05) is 12.1 Å². The van der Waals surface area contributed by atoms with Gasteiger partial charge < -0.3 is 10.6 Å². The van der Waals surface area contributed by atoms with Gasteiger partial charge >= 0.3 is 0 Å². The van der Waals surface area contributed by atoms with E-state index in [1.165, 1.54) is 12.1 Å². The Balaban J connectivity index is 2.08. The summed E-state index contributed by atoms with van der Waals surface area (Å²) in [5.41, 5.74) is 0.912. The molecule has 0 unspecified atom stereocenters. The van der Waals surface area contributed by atoms with Gasteiger partial charge in [-0.05, 0) is 30.5 Å². The van der Waals surface area contributed by atoms with E-state index < -0.39 is 0 Å². The summed E-state index contributed by atoms with van der Waals surface area (Å²) in [6.45, 7) is 0.897. The maximum atomic E-state index is 12.7. The number of halogens is 1. The molecule has 0 aliphatic carbocycles. The number of rotatable bonds is 8. The number of carbonyl (C=O) groups is 2. The van der Waals surface area contributed by atoms with Gasteiger partial charge in [-0.3, -0.25) is 9.59 Å². The van der Waals surface area contributed by atoms with E-state index in [2.05, 4.69) is 10.6 Å². The van der Waals surface area contributed by atoms with Crippen molar-refractivity contribution in [2.45, 2.75) is 25.7 Å². The molecule has 1 aromatic rings. The van der Waals surface area contributed by atoms with Crippen molar-refractivity contribution in [1.29, 1.82) is 5.26 Å². The molecule has 0 heterocycles. The molecule has 0 atom stereocenters. The summed E-state index contributed by atoms with van der Waals surface area (Å²) in [5, 5.41) is 13.6. The zero-order valence-electron chi connectivity index (χ0n) is 11.7. The minimum Gasteiger partial charge on any atom is -0.356 e. The lowest BCUT2D eigenvalue weighted by Gasteiger charge is -2.06. The Kier molecular flexibility index (Phi) is 7.51. The average molecular weight is 291 g/mol. The maximum Gasteiger partial charge on any atom is 0.234 e. The van der Waals surface area contributed by atoms with Gasteiger partial charge in [0.2, 0.25) is 11.8 Å². The number of hydrogen-bond acceptors (Lipinski definition) is 3. The largest absolute Gasteiger partial charge is 0.356 e. The van der Waals surface area contributed by atoms with Crippen LogP contribution in [-0.4, -0.2) is 24.9 Å².